The maximum absolute atomic E-state index is 13.3. The smallest absolute Gasteiger partial charge is 0.390 e. The highest BCUT2D eigenvalue weighted by molar-refractivity contribution is 5.84. The van der Waals surface area contributed by atoms with Crippen molar-refractivity contribution in [3.05, 3.63) is 54.5 Å². The van der Waals surface area contributed by atoms with Crippen LogP contribution in [0.1, 0.15) is 50.2 Å². The molecule has 4 aromatic rings. The van der Waals surface area contributed by atoms with Crippen molar-refractivity contribution in [3.8, 4) is 22.6 Å². The van der Waals surface area contributed by atoms with Crippen LogP contribution in [-0.2, 0) is 11.6 Å². The van der Waals surface area contributed by atoms with Gasteiger partial charge in [0, 0.05) is 29.6 Å². The number of benzene rings is 1. The summed E-state index contributed by atoms with van der Waals surface area (Å²) >= 11 is 0. The molecule has 3 aliphatic carbocycles. The van der Waals surface area contributed by atoms with Crippen LogP contribution in [0.15, 0.2) is 42.9 Å². The number of fused-ring (bicyclic) bond motifs is 4. The second-order valence-electron chi connectivity index (χ2n) is 9.34. The Morgan fingerprint density at radius 1 is 0.824 bits per heavy atom. The first-order chi connectivity index (χ1) is 16.2. The van der Waals surface area contributed by atoms with E-state index in [0.29, 0.717) is 41.7 Å². The SMILES string of the molecule is OC12CCC(c3nc(-c4ccnc(C(F)(F)F)n4)c(-c4ccc5nccnc5c4)[nH]3)(CC1)CC2. The molecule has 3 saturated carbocycles. The minimum atomic E-state index is -4.66. The minimum absolute atomic E-state index is 0.0959. The number of H-pyrrole nitrogens is 1. The van der Waals surface area contributed by atoms with E-state index in [0.717, 1.165) is 36.8 Å². The largest absolute Gasteiger partial charge is 0.451 e. The molecule has 0 radical (unpaired) electrons. The maximum Gasteiger partial charge on any atom is 0.451 e. The average Bonchev–Trinajstić information content (AvgIpc) is 3.30. The van der Waals surface area contributed by atoms with Gasteiger partial charge in [0.15, 0.2) is 0 Å². The highest BCUT2D eigenvalue weighted by Crippen LogP contribution is 2.53. The van der Waals surface area contributed by atoms with Crippen molar-refractivity contribution in [3.63, 3.8) is 0 Å². The third kappa shape index (κ3) is 3.44. The molecule has 10 heteroatoms. The van der Waals surface area contributed by atoms with Crippen LogP contribution in [0.5, 0.6) is 0 Å². The van der Waals surface area contributed by atoms with Crippen molar-refractivity contribution in [1.82, 2.24) is 29.9 Å². The van der Waals surface area contributed by atoms with Gasteiger partial charge in [-0.15, -0.1) is 0 Å². The van der Waals surface area contributed by atoms with Gasteiger partial charge in [-0.25, -0.2) is 15.0 Å². The molecule has 3 aliphatic rings. The summed E-state index contributed by atoms with van der Waals surface area (Å²) in [7, 11) is 0. The lowest BCUT2D eigenvalue weighted by molar-refractivity contribution is -0.144. The van der Waals surface area contributed by atoms with Crippen LogP contribution in [0.2, 0.25) is 0 Å². The van der Waals surface area contributed by atoms with E-state index in [-0.39, 0.29) is 11.1 Å². The van der Waals surface area contributed by atoms with Gasteiger partial charge in [-0.05, 0) is 56.7 Å². The summed E-state index contributed by atoms with van der Waals surface area (Å²) < 4.78 is 40.0. The Labute approximate surface area is 192 Å². The van der Waals surface area contributed by atoms with Crippen LogP contribution in [-0.4, -0.2) is 40.6 Å². The van der Waals surface area contributed by atoms with E-state index in [4.69, 9.17) is 4.98 Å². The van der Waals surface area contributed by atoms with Crippen LogP contribution in [0.4, 0.5) is 13.2 Å². The van der Waals surface area contributed by atoms with Gasteiger partial charge in [0.1, 0.15) is 11.5 Å². The van der Waals surface area contributed by atoms with Gasteiger partial charge in [-0.1, -0.05) is 6.07 Å². The Kier molecular flexibility index (Phi) is 4.54. The molecule has 34 heavy (non-hydrogen) atoms. The third-order valence-electron chi connectivity index (χ3n) is 7.32. The van der Waals surface area contributed by atoms with E-state index in [1.54, 1.807) is 12.4 Å². The molecule has 0 amide bonds. The predicted molar refractivity (Wildman–Crippen MR) is 117 cm³/mol. The molecule has 1 aromatic carbocycles. The normalized spacial score (nSPS) is 24.6. The number of aromatic amines is 1. The molecule has 0 unspecified atom stereocenters. The number of alkyl halides is 3. The first-order valence-electron chi connectivity index (χ1n) is 11.2. The molecule has 0 atom stereocenters. The number of nitrogens with one attached hydrogen (secondary N) is 1. The fraction of sp³-hybridized carbons (Fsp3) is 0.375. The van der Waals surface area contributed by atoms with Crippen molar-refractivity contribution >= 4 is 11.0 Å². The van der Waals surface area contributed by atoms with Crippen LogP contribution >= 0.6 is 0 Å². The fourth-order valence-electron chi connectivity index (χ4n) is 5.29. The number of hydrogen-bond donors (Lipinski definition) is 2. The first-order valence-corrected chi connectivity index (χ1v) is 11.2. The topological polar surface area (TPSA) is 100 Å². The van der Waals surface area contributed by atoms with Crippen molar-refractivity contribution in [2.75, 3.05) is 0 Å². The van der Waals surface area contributed by atoms with Crippen molar-refractivity contribution < 1.29 is 18.3 Å². The van der Waals surface area contributed by atoms with Crippen LogP contribution in [0.25, 0.3) is 33.7 Å². The lowest BCUT2D eigenvalue weighted by atomic mass is 9.58. The molecule has 3 fully saturated rings. The summed E-state index contributed by atoms with van der Waals surface area (Å²) in [6.07, 6.45) is 4.03. The van der Waals surface area contributed by atoms with E-state index >= 15 is 0 Å². The number of rotatable bonds is 3. The highest BCUT2D eigenvalue weighted by Gasteiger charge is 2.50. The summed E-state index contributed by atoms with van der Waals surface area (Å²) in [5.74, 6) is -0.478. The van der Waals surface area contributed by atoms with Gasteiger partial charge < -0.3 is 10.1 Å². The summed E-state index contributed by atoms with van der Waals surface area (Å²) in [5.41, 5.74) is 2.28. The molecule has 2 bridgehead atoms. The lowest BCUT2D eigenvalue weighted by Crippen LogP contribution is -2.48. The molecule has 7 nitrogen and oxygen atoms in total. The molecule has 7 rings (SSSR count). The number of halogens is 3. The molecule has 3 aromatic heterocycles. The molecule has 174 valence electrons. The second-order valence-corrected chi connectivity index (χ2v) is 9.34. The Morgan fingerprint density at radius 3 is 2.24 bits per heavy atom. The van der Waals surface area contributed by atoms with Gasteiger partial charge in [-0.3, -0.25) is 9.97 Å². The summed E-state index contributed by atoms with van der Waals surface area (Å²) in [6, 6.07) is 6.95. The van der Waals surface area contributed by atoms with Crippen LogP contribution in [0.3, 0.4) is 0 Å². The van der Waals surface area contributed by atoms with Crippen molar-refractivity contribution in [1.29, 1.82) is 0 Å². The zero-order valence-corrected chi connectivity index (χ0v) is 18.1. The third-order valence-corrected chi connectivity index (χ3v) is 7.32. The molecule has 0 saturated heterocycles. The predicted octanol–water partition coefficient (Wildman–Crippen LogP) is 4.83. The van der Waals surface area contributed by atoms with Crippen LogP contribution in [0, 0.1) is 0 Å². The molecule has 0 spiro atoms. The lowest BCUT2D eigenvalue weighted by Gasteiger charge is -2.50. The Hall–Kier alpha value is -3.40. The van der Waals surface area contributed by atoms with Crippen molar-refractivity contribution in [2.45, 2.75) is 55.7 Å². The first kappa shape index (κ1) is 21.2. The number of aromatic nitrogens is 6. The van der Waals surface area contributed by atoms with Crippen LogP contribution < -0.4 is 0 Å². The Bertz CT molecular complexity index is 1370. The quantitative estimate of drug-likeness (QED) is 0.449. The zero-order valence-electron chi connectivity index (χ0n) is 18.1. The average molecular weight is 466 g/mol. The number of imidazole rings is 1. The van der Waals surface area contributed by atoms with Gasteiger partial charge in [-0.2, -0.15) is 13.2 Å². The van der Waals surface area contributed by atoms with E-state index in [2.05, 4.69) is 24.9 Å². The van der Waals surface area contributed by atoms with Gasteiger partial charge >= 0.3 is 6.18 Å². The summed E-state index contributed by atoms with van der Waals surface area (Å²) in [5, 5.41) is 10.6. The van der Waals surface area contributed by atoms with E-state index in [1.165, 1.54) is 6.07 Å². The molecule has 2 N–H and O–H groups in total. The van der Waals surface area contributed by atoms with Gasteiger partial charge in [0.2, 0.25) is 5.82 Å². The summed E-state index contributed by atoms with van der Waals surface area (Å²) in [4.78, 5) is 24.1. The number of nitrogens with zero attached hydrogens (tertiary/aromatic N) is 5. The molecule has 0 aliphatic heterocycles. The standard InChI is InChI=1S/C24H21F3N6O/c25-24(26,27)21-30-10-3-16(31-21)19-18(14-1-2-15-17(13-14)29-12-11-28-15)32-20(33-19)22-4-7-23(34,8-5-22)9-6-22/h1-3,10-13,34H,4-9H2,(H,32,33). The second kappa shape index (κ2) is 7.30. The molecular weight excluding hydrogens is 445 g/mol. The van der Waals surface area contributed by atoms with Gasteiger partial charge in [0.05, 0.1) is 28.0 Å². The molecular formula is C24H21F3N6O. The number of hydrogen-bond acceptors (Lipinski definition) is 6. The molecule has 3 heterocycles. The van der Waals surface area contributed by atoms with Gasteiger partial charge in [0.25, 0.3) is 0 Å². The van der Waals surface area contributed by atoms with E-state index in [1.807, 2.05) is 18.2 Å². The zero-order chi connectivity index (χ0) is 23.6. The van der Waals surface area contributed by atoms with E-state index < -0.39 is 17.6 Å². The number of aliphatic hydroxyl groups is 1. The van der Waals surface area contributed by atoms with Crippen molar-refractivity contribution in [2.24, 2.45) is 0 Å². The minimum Gasteiger partial charge on any atom is -0.390 e. The highest BCUT2D eigenvalue weighted by atomic mass is 19.4. The Morgan fingerprint density at radius 2 is 1.53 bits per heavy atom. The monoisotopic (exact) mass is 466 g/mol. The summed E-state index contributed by atoms with van der Waals surface area (Å²) in [6.45, 7) is 0. The van der Waals surface area contributed by atoms with E-state index in [9.17, 15) is 18.3 Å². The fourth-order valence-corrected chi connectivity index (χ4v) is 5.29. The Balaban J connectivity index is 1.52. The maximum atomic E-state index is 13.3.